The van der Waals surface area contributed by atoms with Crippen molar-refractivity contribution in [3.63, 3.8) is 0 Å². The number of hydrogen-bond donors (Lipinski definition) is 3. The first kappa shape index (κ1) is 36.0. The maximum atomic E-state index is 14.5. The number of anilines is 2. The summed E-state index contributed by atoms with van der Waals surface area (Å²) in [4.78, 5) is 54.5. The van der Waals surface area contributed by atoms with Gasteiger partial charge in [-0.1, -0.05) is 19.1 Å². The summed E-state index contributed by atoms with van der Waals surface area (Å²) >= 11 is 0. The molecule has 2 aliphatic carbocycles. The lowest BCUT2D eigenvalue weighted by atomic mass is 9.87. The Bertz CT molecular complexity index is 2130. The number of imide groups is 1. The lowest BCUT2D eigenvalue weighted by Gasteiger charge is -2.41. The SMILES string of the molecule is C[C@@H](C(=O)N(C)c1ccc2cc(-c3n[nH]c4c3C[C@@H]3C(F)(F)[C@]3(C)C4)[nH]c2c1)N1CCN(CC2CCN(c3ccc(C4CCC(=O)NC4=O)cn3)CC2)CC1. The van der Waals surface area contributed by atoms with Crippen LogP contribution < -0.4 is 15.1 Å². The van der Waals surface area contributed by atoms with Crippen LogP contribution in [0.5, 0.6) is 0 Å². The molecular formula is C41H49F2N9O3. The predicted molar refractivity (Wildman–Crippen MR) is 205 cm³/mol. The highest BCUT2D eigenvalue weighted by atomic mass is 19.3. The molecule has 290 valence electrons. The predicted octanol–water partition coefficient (Wildman–Crippen LogP) is 4.73. The van der Waals surface area contributed by atoms with E-state index in [0.717, 1.165) is 104 Å². The molecule has 14 heteroatoms. The lowest BCUT2D eigenvalue weighted by Crippen LogP contribution is -2.55. The number of H-pyrrole nitrogens is 2. The summed E-state index contributed by atoms with van der Waals surface area (Å²) in [6.07, 6.45) is 5.47. The summed E-state index contributed by atoms with van der Waals surface area (Å²) in [7, 11) is 1.83. The van der Waals surface area contributed by atoms with Crippen LogP contribution in [-0.4, -0.2) is 113 Å². The van der Waals surface area contributed by atoms with Gasteiger partial charge < -0.3 is 19.7 Å². The molecule has 6 heterocycles. The lowest BCUT2D eigenvalue weighted by molar-refractivity contribution is -0.134. The molecule has 12 nitrogen and oxygen atoms in total. The van der Waals surface area contributed by atoms with Crippen LogP contribution in [-0.2, 0) is 27.2 Å². The molecule has 1 unspecified atom stereocenters. The van der Waals surface area contributed by atoms with Gasteiger partial charge in [-0.15, -0.1) is 0 Å². The largest absolute Gasteiger partial charge is 0.357 e. The third-order valence-electron chi connectivity index (χ3n) is 13.5. The zero-order chi connectivity index (χ0) is 38.2. The fraction of sp³-hybridized carbons (Fsp3) is 0.537. The topological polar surface area (TPSA) is 134 Å². The first-order valence-corrected chi connectivity index (χ1v) is 19.8. The quantitative estimate of drug-likeness (QED) is 0.220. The number of carbonyl (C=O) groups excluding carboxylic acids is 3. The zero-order valence-electron chi connectivity index (χ0n) is 31.7. The molecule has 5 aliphatic rings. The van der Waals surface area contributed by atoms with Crippen LogP contribution in [0.1, 0.15) is 62.3 Å². The zero-order valence-corrected chi connectivity index (χ0v) is 31.7. The van der Waals surface area contributed by atoms with E-state index in [0.29, 0.717) is 37.3 Å². The number of fused-ring (bicyclic) bond motifs is 3. The smallest absolute Gasteiger partial charge is 0.258 e. The standard InChI is InChI=1S/C41H49F2N9O3/c1-24(39(55)49(3)28-6-4-26-18-32(45-31(26)19-28)37-30-20-34-40(2,41(34,42)43)21-33(30)47-48-37)51-16-14-50(15-17-51)23-25-10-12-52(13-11-25)35-8-5-27(22-44-35)29-7-9-36(53)46-38(29)54/h4-6,8,18-19,22,24-25,29,34,45H,7,9-17,20-21,23H2,1-3H3,(H,47,48)(H,46,53,54)/t24-,29?,34-,40+/m0/s1. The van der Waals surface area contributed by atoms with Crippen molar-refractivity contribution in [3.05, 3.63) is 59.4 Å². The first-order valence-electron chi connectivity index (χ1n) is 19.8. The summed E-state index contributed by atoms with van der Waals surface area (Å²) in [5, 5.41) is 11.0. The Hall–Kier alpha value is -4.69. The molecule has 3 aromatic heterocycles. The van der Waals surface area contributed by atoms with Gasteiger partial charge in [0, 0.05) is 111 Å². The monoisotopic (exact) mass is 753 g/mol. The maximum Gasteiger partial charge on any atom is 0.258 e. The number of rotatable bonds is 8. The summed E-state index contributed by atoms with van der Waals surface area (Å²) < 4.78 is 29.0. The van der Waals surface area contributed by atoms with E-state index < -0.39 is 17.3 Å². The molecule has 3 amide bonds. The molecule has 0 radical (unpaired) electrons. The molecule has 4 fully saturated rings. The number of halogens is 2. The molecule has 0 bridgehead atoms. The van der Waals surface area contributed by atoms with Crippen molar-refractivity contribution < 1.29 is 23.2 Å². The number of alkyl halides is 2. The van der Waals surface area contributed by atoms with Crippen molar-refractivity contribution in [2.24, 2.45) is 17.3 Å². The summed E-state index contributed by atoms with van der Waals surface area (Å²) in [5.41, 5.74) is 4.72. The maximum absolute atomic E-state index is 14.5. The molecule has 9 rings (SSSR count). The molecule has 1 saturated carbocycles. The summed E-state index contributed by atoms with van der Waals surface area (Å²) in [6.45, 7) is 10.1. The number of piperazine rings is 1. The Balaban J connectivity index is 0.752. The van der Waals surface area contributed by atoms with Gasteiger partial charge in [0.1, 0.15) is 11.5 Å². The Morgan fingerprint density at radius 2 is 1.82 bits per heavy atom. The van der Waals surface area contributed by atoms with Gasteiger partial charge in [-0.25, -0.2) is 13.8 Å². The van der Waals surface area contributed by atoms with Crippen molar-refractivity contribution in [1.29, 1.82) is 0 Å². The Kier molecular flexibility index (Phi) is 8.83. The highest BCUT2D eigenvalue weighted by Gasteiger charge is 2.78. The molecular weight excluding hydrogens is 705 g/mol. The Morgan fingerprint density at radius 3 is 2.55 bits per heavy atom. The normalized spacial score (nSPS) is 26.4. The number of benzene rings is 1. The highest BCUT2D eigenvalue weighted by Crippen LogP contribution is 2.70. The molecule has 3 N–H and O–H groups in total. The Labute approximate surface area is 319 Å². The Morgan fingerprint density at radius 1 is 1.04 bits per heavy atom. The van der Waals surface area contributed by atoms with Gasteiger partial charge in [0.05, 0.1) is 17.7 Å². The third kappa shape index (κ3) is 6.30. The van der Waals surface area contributed by atoms with E-state index in [1.54, 1.807) is 18.0 Å². The van der Waals surface area contributed by atoms with E-state index >= 15 is 0 Å². The van der Waals surface area contributed by atoms with E-state index in [2.05, 4.69) is 40.2 Å². The van der Waals surface area contributed by atoms with Gasteiger partial charge in [-0.05, 0) is 68.4 Å². The minimum absolute atomic E-state index is 0.0421. The molecule has 4 aromatic rings. The number of pyridine rings is 1. The van der Waals surface area contributed by atoms with Crippen LogP contribution in [0.25, 0.3) is 22.3 Å². The van der Waals surface area contributed by atoms with E-state index in [9.17, 15) is 23.2 Å². The van der Waals surface area contributed by atoms with Gasteiger partial charge in [0.15, 0.2) is 0 Å². The number of nitrogens with zero attached hydrogens (tertiary/aromatic N) is 6. The second kappa shape index (κ2) is 13.5. The molecule has 4 atom stereocenters. The van der Waals surface area contributed by atoms with Crippen molar-refractivity contribution >= 4 is 40.1 Å². The summed E-state index contributed by atoms with van der Waals surface area (Å²) in [6, 6.07) is 11.6. The second-order valence-electron chi connectivity index (χ2n) is 16.8. The minimum atomic E-state index is -2.64. The first-order chi connectivity index (χ1) is 26.4. The number of aromatic amines is 2. The number of amides is 3. The van der Waals surface area contributed by atoms with Crippen LogP contribution in [0.15, 0.2) is 42.6 Å². The van der Waals surface area contributed by atoms with E-state index in [1.165, 1.54) is 0 Å². The van der Waals surface area contributed by atoms with Crippen LogP contribution in [0.4, 0.5) is 20.3 Å². The van der Waals surface area contributed by atoms with Crippen LogP contribution in [0.2, 0.25) is 0 Å². The van der Waals surface area contributed by atoms with E-state index in [4.69, 9.17) is 0 Å². The number of piperidine rings is 2. The van der Waals surface area contributed by atoms with Gasteiger partial charge in [-0.2, -0.15) is 5.10 Å². The molecule has 3 saturated heterocycles. The van der Waals surface area contributed by atoms with Gasteiger partial charge in [0.25, 0.3) is 5.92 Å². The fourth-order valence-electron chi connectivity index (χ4n) is 9.69. The molecule has 55 heavy (non-hydrogen) atoms. The second-order valence-corrected chi connectivity index (χ2v) is 16.8. The van der Waals surface area contributed by atoms with Gasteiger partial charge >= 0.3 is 0 Å². The number of carbonyl (C=O) groups is 3. The minimum Gasteiger partial charge on any atom is -0.357 e. The molecule has 3 aliphatic heterocycles. The highest BCUT2D eigenvalue weighted by molar-refractivity contribution is 6.01. The van der Waals surface area contributed by atoms with E-state index in [1.807, 2.05) is 50.4 Å². The molecule has 0 spiro atoms. The summed E-state index contributed by atoms with van der Waals surface area (Å²) in [5.74, 6) is -2.46. The van der Waals surface area contributed by atoms with Crippen molar-refractivity contribution in [2.75, 3.05) is 62.7 Å². The average Bonchev–Trinajstić information content (AvgIpc) is 3.57. The van der Waals surface area contributed by atoms with E-state index in [-0.39, 0.29) is 29.7 Å². The third-order valence-corrected chi connectivity index (χ3v) is 13.5. The van der Waals surface area contributed by atoms with Crippen LogP contribution in [0, 0.1) is 17.3 Å². The average molecular weight is 754 g/mol. The van der Waals surface area contributed by atoms with Crippen LogP contribution >= 0.6 is 0 Å². The van der Waals surface area contributed by atoms with Gasteiger partial charge in [-0.3, -0.25) is 29.7 Å². The fourth-order valence-corrected chi connectivity index (χ4v) is 9.69. The number of nitrogens with one attached hydrogen (secondary N) is 3. The molecule has 1 aromatic carbocycles. The van der Waals surface area contributed by atoms with Gasteiger partial charge in [0.2, 0.25) is 17.7 Å². The van der Waals surface area contributed by atoms with Crippen molar-refractivity contribution in [3.8, 4) is 11.4 Å². The number of hydrogen-bond acceptors (Lipinski definition) is 8. The van der Waals surface area contributed by atoms with Crippen molar-refractivity contribution in [2.45, 2.75) is 70.3 Å². The van der Waals surface area contributed by atoms with Crippen LogP contribution in [0.3, 0.4) is 0 Å². The van der Waals surface area contributed by atoms with Crippen molar-refractivity contribution in [1.82, 2.24) is 35.3 Å². The number of aromatic nitrogens is 4. The number of likely N-dealkylation sites (N-methyl/N-ethyl adjacent to an activating group) is 1.